The predicted molar refractivity (Wildman–Crippen MR) is 68.9 cm³/mol. The molecule has 8 heteroatoms. The fourth-order valence-electron chi connectivity index (χ4n) is 2.86. The number of quaternary nitrogens is 1. The van der Waals surface area contributed by atoms with E-state index in [1.807, 2.05) is 0 Å². The van der Waals surface area contributed by atoms with E-state index >= 15 is 0 Å². The molecule has 0 radical (unpaired) electrons. The maximum atomic E-state index is 12.0. The zero-order valence-electron chi connectivity index (χ0n) is 11.7. The molecule has 0 aliphatic carbocycles. The van der Waals surface area contributed by atoms with Crippen molar-refractivity contribution < 1.29 is 32.2 Å². The van der Waals surface area contributed by atoms with Gasteiger partial charge in [0.05, 0.1) is 45.4 Å². The van der Waals surface area contributed by atoms with Crippen LogP contribution in [-0.4, -0.2) is 63.6 Å². The van der Waals surface area contributed by atoms with Crippen LogP contribution in [-0.2, 0) is 27.7 Å². The van der Waals surface area contributed by atoms with Crippen molar-refractivity contribution in [2.24, 2.45) is 5.41 Å². The van der Waals surface area contributed by atoms with Gasteiger partial charge in [-0.1, -0.05) is 0 Å². The maximum Gasteiger partial charge on any atom is 0.474 e. The SMILES string of the molecule is C[N+]1(CC(=O)OCC23COP(=O)(OC2)OC3)CCCC1. The number of carbonyl (C=O) groups excluding carboxylic acids is 1. The Morgan fingerprint density at radius 1 is 1.20 bits per heavy atom. The molecule has 4 fully saturated rings. The number of phosphoric ester groups is 1. The molecule has 0 aromatic rings. The number of esters is 1. The summed E-state index contributed by atoms with van der Waals surface area (Å²) >= 11 is 0. The number of fused-ring (bicyclic) bond motifs is 3. The van der Waals surface area contributed by atoms with E-state index < -0.39 is 13.2 Å². The molecule has 4 heterocycles. The van der Waals surface area contributed by atoms with Crippen molar-refractivity contribution in [3.8, 4) is 0 Å². The van der Waals surface area contributed by atoms with Crippen LogP contribution < -0.4 is 0 Å². The highest BCUT2D eigenvalue weighted by molar-refractivity contribution is 7.48. The number of rotatable bonds is 4. The molecule has 4 aliphatic heterocycles. The second kappa shape index (κ2) is 5.07. The van der Waals surface area contributed by atoms with E-state index in [0.717, 1.165) is 17.6 Å². The maximum absolute atomic E-state index is 12.0. The Labute approximate surface area is 118 Å². The van der Waals surface area contributed by atoms with Crippen molar-refractivity contribution in [2.45, 2.75) is 12.8 Å². The van der Waals surface area contributed by atoms with E-state index in [9.17, 15) is 9.36 Å². The number of ether oxygens (including phenoxy) is 1. The van der Waals surface area contributed by atoms with Crippen LogP contribution >= 0.6 is 7.82 Å². The number of likely N-dealkylation sites (tertiary alicyclic amines) is 1. The summed E-state index contributed by atoms with van der Waals surface area (Å²) in [6, 6.07) is 0. The molecule has 0 atom stereocenters. The standard InChI is InChI=1S/C12H21NO6P/c1-13(4-2-3-5-13)6-11(14)16-7-12-8-17-20(15,18-9-12)19-10-12/h2-10H2,1H3/q+1. The average Bonchev–Trinajstić information content (AvgIpc) is 2.85. The van der Waals surface area contributed by atoms with Gasteiger partial charge < -0.3 is 9.22 Å². The Kier molecular flexibility index (Phi) is 3.67. The first-order valence-corrected chi connectivity index (χ1v) is 8.42. The minimum Gasteiger partial charge on any atom is -0.461 e. The molecule has 2 bridgehead atoms. The number of hydrogen-bond acceptors (Lipinski definition) is 6. The smallest absolute Gasteiger partial charge is 0.461 e. The van der Waals surface area contributed by atoms with Crippen LogP contribution in [0, 0.1) is 5.41 Å². The fraction of sp³-hybridized carbons (Fsp3) is 0.917. The quantitative estimate of drug-likeness (QED) is 0.437. The normalized spacial score (nSPS) is 38.9. The highest BCUT2D eigenvalue weighted by atomic mass is 31.2. The molecule has 0 amide bonds. The molecule has 4 rings (SSSR count). The summed E-state index contributed by atoms with van der Waals surface area (Å²) in [5, 5.41) is 0. The van der Waals surface area contributed by atoms with Crippen molar-refractivity contribution in [1.29, 1.82) is 0 Å². The molecule has 0 aromatic heterocycles. The molecule has 0 aromatic carbocycles. The highest BCUT2D eigenvalue weighted by Crippen LogP contribution is 2.59. The molecule has 114 valence electrons. The molecule has 7 nitrogen and oxygen atoms in total. The summed E-state index contributed by atoms with van der Waals surface area (Å²) in [4.78, 5) is 12.0. The highest BCUT2D eigenvalue weighted by Gasteiger charge is 2.51. The predicted octanol–water partition coefficient (Wildman–Crippen LogP) is 0.941. The largest absolute Gasteiger partial charge is 0.474 e. The Balaban J connectivity index is 1.49. The topological polar surface area (TPSA) is 71.1 Å². The van der Waals surface area contributed by atoms with Crippen LogP contribution in [0.5, 0.6) is 0 Å². The Hall–Kier alpha value is -0.460. The van der Waals surface area contributed by atoms with Crippen LogP contribution in [0.4, 0.5) is 0 Å². The zero-order chi connectivity index (χ0) is 14.3. The lowest BCUT2D eigenvalue weighted by Gasteiger charge is -2.43. The molecule has 20 heavy (non-hydrogen) atoms. The van der Waals surface area contributed by atoms with Crippen LogP contribution in [0.25, 0.3) is 0 Å². The minimum atomic E-state index is -3.30. The third-order valence-corrected chi connectivity index (χ3v) is 5.62. The van der Waals surface area contributed by atoms with Gasteiger partial charge in [-0.05, 0) is 0 Å². The van der Waals surface area contributed by atoms with E-state index in [-0.39, 0.29) is 32.4 Å². The first kappa shape index (κ1) is 14.5. The first-order chi connectivity index (χ1) is 9.43. The molecule has 0 N–H and O–H groups in total. The summed E-state index contributed by atoms with van der Waals surface area (Å²) in [6.45, 7) is 3.40. The third kappa shape index (κ3) is 2.92. The fourth-order valence-corrected chi connectivity index (χ4v) is 4.38. The van der Waals surface area contributed by atoms with Gasteiger partial charge in [-0.25, -0.2) is 9.36 Å². The van der Waals surface area contributed by atoms with Crippen molar-refractivity contribution >= 4 is 13.8 Å². The van der Waals surface area contributed by atoms with Gasteiger partial charge in [0.25, 0.3) is 0 Å². The zero-order valence-corrected chi connectivity index (χ0v) is 12.6. The summed E-state index contributed by atoms with van der Waals surface area (Å²) in [7, 11) is -1.21. The summed E-state index contributed by atoms with van der Waals surface area (Å²) < 4.78 is 33.0. The van der Waals surface area contributed by atoms with Gasteiger partial charge in [0, 0.05) is 12.8 Å². The second-order valence-corrected chi connectivity index (χ2v) is 8.03. The molecule has 4 aliphatic rings. The van der Waals surface area contributed by atoms with Gasteiger partial charge in [0.2, 0.25) is 0 Å². The monoisotopic (exact) mass is 306 g/mol. The van der Waals surface area contributed by atoms with E-state index in [1.54, 1.807) is 0 Å². The second-order valence-electron chi connectivity index (χ2n) is 6.36. The van der Waals surface area contributed by atoms with Crippen molar-refractivity contribution in [3.63, 3.8) is 0 Å². The van der Waals surface area contributed by atoms with Crippen LogP contribution in [0.2, 0.25) is 0 Å². The molecule has 0 spiro atoms. The van der Waals surface area contributed by atoms with Crippen LogP contribution in [0.15, 0.2) is 0 Å². The van der Waals surface area contributed by atoms with Crippen molar-refractivity contribution in [1.82, 2.24) is 0 Å². The van der Waals surface area contributed by atoms with Gasteiger partial charge in [-0.15, -0.1) is 0 Å². The summed E-state index contributed by atoms with van der Waals surface area (Å²) in [5.41, 5.74) is -0.509. The van der Waals surface area contributed by atoms with E-state index in [1.165, 1.54) is 12.8 Å². The lowest BCUT2D eigenvalue weighted by molar-refractivity contribution is -0.890. The van der Waals surface area contributed by atoms with Gasteiger partial charge in [0.15, 0.2) is 6.54 Å². The molecular weight excluding hydrogens is 285 g/mol. The summed E-state index contributed by atoms with van der Waals surface area (Å²) in [5.74, 6) is -0.205. The number of nitrogens with zero attached hydrogens (tertiary/aromatic N) is 1. The van der Waals surface area contributed by atoms with E-state index in [0.29, 0.717) is 6.54 Å². The van der Waals surface area contributed by atoms with Gasteiger partial charge >= 0.3 is 13.8 Å². The van der Waals surface area contributed by atoms with E-state index in [4.69, 9.17) is 18.3 Å². The molecule has 4 saturated heterocycles. The van der Waals surface area contributed by atoms with Gasteiger partial charge in [-0.3, -0.25) is 13.6 Å². The number of carbonyl (C=O) groups is 1. The number of likely N-dealkylation sites (N-methyl/N-ethyl adjacent to an activating group) is 1. The van der Waals surface area contributed by atoms with Crippen LogP contribution in [0.3, 0.4) is 0 Å². The Morgan fingerprint density at radius 3 is 2.30 bits per heavy atom. The van der Waals surface area contributed by atoms with Gasteiger partial charge in [0.1, 0.15) is 6.61 Å². The van der Waals surface area contributed by atoms with Crippen molar-refractivity contribution in [3.05, 3.63) is 0 Å². The third-order valence-electron chi connectivity index (χ3n) is 4.28. The lowest BCUT2D eigenvalue weighted by atomic mass is 9.92. The minimum absolute atomic E-state index is 0.186. The average molecular weight is 306 g/mol. The van der Waals surface area contributed by atoms with E-state index in [2.05, 4.69) is 7.05 Å². The number of phosphoric acid groups is 1. The molecule has 0 saturated carbocycles. The molecule has 0 unspecified atom stereocenters. The molecular formula is C12H21NO6P+. The Morgan fingerprint density at radius 2 is 1.75 bits per heavy atom. The number of hydrogen-bond donors (Lipinski definition) is 0. The summed E-state index contributed by atoms with van der Waals surface area (Å²) in [6.07, 6.45) is 2.33. The first-order valence-electron chi connectivity index (χ1n) is 6.96. The van der Waals surface area contributed by atoms with Crippen LogP contribution in [0.1, 0.15) is 12.8 Å². The van der Waals surface area contributed by atoms with Gasteiger partial charge in [-0.2, -0.15) is 0 Å². The van der Waals surface area contributed by atoms with Crippen molar-refractivity contribution in [2.75, 3.05) is 53.1 Å². The lowest BCUT2D eigenvalue weighted by Crippen LogP contribution is -2.50. The Bertz CT molecular complexity index is 416.